The van der Waals surface area contributed by atoms with E-state index in [-0.39, 0.29) is 0 Å². The summed E-state index contributed by atoms with van der Waals surface area (Å²) < 4.78 is 0. The number of hydrogen-bond donors (Lipinski definition) is 1. The van der Waals surface area contributed by atoms with Gasteiger partial charge in [0.15, 0.2) is 0 Å². The molecule has 0 aromatic rings. The van der Waals surface area contributed by atoms with Crippen LogP contribution in [0.5, 0.6) is 0 Å². The minimum absolute atomic E-state index is 0.384. The molecule has 2 fully saturated rings. The maximum absolute atomic E-state index is 12.0. The highest BCUT2D eigenvalue weighted by Crippen LogP contribution is 2.25. The molecule has 2 aliphatic heterocycles. The number of rotatable bonds is 4. The van der Waals surface area contributed by atoms with Crippen LogP contribution in [-0.4, -0.2) is 36.5 Å². The first-order valence-corrected chi connectivity index (χ1v) is 7.32. The van der Waals surface area contributed by atoms with Crippen molar-refractivity contribution in [2.45, 2.75) is 57.9 Å². The number of piperidine rings is 1. The topological polar surface area (TPSA) is 32.3 Å². The van der Waals surface area contributed by atoms with Crippen LogP contribution >= 0.6 is 0 Å². The van der Waals surface area contributed by atoms with Crippen molar-refractivity contribution >= 4 is 5.91 Å². The lowest BCUT2D eigenvalue weighted by Crippen LogP contribution is -2.45. The fourth-order valence-corrected chi connectivity index (χ4v) is 3.16. The lowest BCUT2D eigenvalue weighted by molar-refractivity contribution is -0.133. The summed E-state index contributed by atoms with van der Waals surface area (Å²) in [4.78, 5) is 14.1. The summed E-state index contributed by atoms with van der Waals surface area (Å²) in [6.45, 7) is 5.31. The van der Waals surface area contributed by atoms with Gasteiger partial charge in [-0.25, -0.2) is 0 Å². The third-order valence-corrected chi connectivity index (χ3v) is 4.22. The smallest absolute Gasteiger partial charge is 0.222 e. The lowest BCUT2D eigenvalue weighted by atomic mass is 9.89. The Morgan fingerprint density at radius 2 is 2.24 bits per heavy atom. The van der Waals surface area contributed by atoms with E-state index in [2.05, 4.69) is 17.1 Å². The molecular weight excluding hydrogens is 212 g/mol. The summed E-state index contributed by atoms with van der Waals surface area (Å²) in [5, 5.41) is 3.59. The van der Waals surface area contributed by atoms with Gasteiger partial charge in [0.1, 0.15) is 0 Å². The molecular formula is C14H26N2O. The largest absolute Gasteiger partial charge is 0.342 e. The zero-order valence-electron chi connectivity index (χ0n) is 11.1. The van der Waals surface area contributed by atoms with Crippen LogP contribution in [-0.2, 0) is 4.79 Å². The van der Waals surface area contributed by atoms with E-state index in [0.717, 1.165) is 32.4 Å². The summed E-state index contributed by atoms with van der Waals surface area (Å²) in [6.07, 6.45) is 8.03. The van der Waals surface area contributed by atoms with Gasteiger partial charge in [-0.2, -0.15) is 0 Å². The quantitative estimate of drug-likeness (QED) is 0.814. The van der Waals surface area contributed by atoms with Crippen molar-refractivity contribution in [3.8, 4) is 0 Å². The maximum Gasteiger partial charge on any atom is 0.222 e. The Morgan fingerprint density at radius 3 is 2.94 bits per heavy atom. The van der Waals surface area contributed by atoms with Crippen molar-refractivity contribution in [1.82, 2.24) is 10.2 Å². The molecule has 2 aliphatic rings. The molecule has 2 atom stereocenters. The van der Waals surface area contributed by atoms with Crippen molar-refractivity contribution in [3.63, 3.8) is 0 Å². The average molecular weight is 238 g/mol. The van der Waals surface area contributed by atoms with Crippen LogP contribution in [0.25, 0.3) is 0 Å². The van der Waals surface area contributed by atoms with E-state index in [1.54, 1.807) is 0 Å². The van der Waals surface area contributed by atoms with E-state index < -0.39 is 0 Å². The molecule has 2 unspecified atom stereocenters. The van der Waals surface area contributed by atoms with E-state index >= 15 is 0 Å². The van der Waals surface area contributed by atoms with E-state index in [9.17, 15) is 4.79 Å². The number of amides is 1. The Balaban J connectivity index is 1.81. The Kier molecular flexibility index (Phi) is 4.84. The van der Waals surface area contributed by atoms with Gasteiger partial charge in [-0.3, -0.25) is 4.79 Å². The standard InChI is InChI=1S/C14H26N2O/c1-2-3-8-14(17)16-10-5-6-12(11-16)13-7-4-9-15-13/h12-13,15H,2-11H2,1H3. The molecule has 2 heterocycles. The highest BCUT2D eigenvalue weighted by atomic mass is 16.2. The van der Waals surface area contributed by atoms with E-state index in [4.69, 9.17) is 0 Å². The number of carbonyl (C=O) groups excluding carboxylic acids is 1. The van der Waals surface area contributed by atoms with Gasteiger partial charge in [0.25, 0.3) is 0 Å². The second-order valence-electron chi connectivity index (χ2n) is 5.55. The maximum atomic E-state index is 12.0. The first kappa shape index (κ1) is 12.9. The normalized spacial score (nSPS) is 29.6. The fraction of sp³-hybridized carbons (Fsp3) is 0.929. The van der Waals surface area contributed by atoms with Crippen LogP contribution in [0.2, 0.25) is 0 Å². The molecule has 3 nitrogen and oxygen atoms in total. The minimum atomic E-state index is 0.384. The summed E-state index contributed by atoms with van der Waals surface area (Å²) in [7, 11) is 0. The zero-order valence-corrected chi connectivity index (χ0v) is 11.1. The lowest BCUT2D eigenvalue weighted by Gasteiger charge is -2.36. The number of hydrogen-bond acceptors (Lipinski definition) is 2. The molecule has 0 radical (unpaired) electrons. The monoisotopic (exact) mass is 238 g/mol. The Morgan fingerprint density at radius 1 is 1.35 bits per heavy atom. The third-order valence-electron chi connectivity index (χ3n) is 4.22. The molecule has 1 N–H and O–H groups in total. The SMILES string of the molecule is CCCCC(=O)N1CCCC(C2CCCN2)C1. The van der Waals surface area contributed by atoms with Crippen molar-refractivity contribution in [2.24, 2.45) is 5.92 Å². The van der Waals surface area contributed by atoms with Gasteiger partial charge < -0.3 is 10.2 Å². The number of nitrogens with zero attached hydrogens (tertiary/aromatic N) is 1. The molecule has 0 bridgehead atoms. The Labute approximate surface area is 105 Å². The van der Waals surface area contributed by atoms with Crippen molar-refractivity contribution in [2.75, 3.05) is 19.6 Å². The zero-order chi connectivity index (χ0) is 12.1. The summed E-state index contributed by atoms with van der Waals surface area (Å²) in [6, 6.07) is 0.678. The van der Waals surface area contributed by atoms with Crippen LogP contribution in [0, 0.1) is 5.92 Å². The molecule has 0 saturated carbocycles. The predicted molar refractivity (Wildman–Crippen MR) is 69.9 cm³/mol. The van der Waals surface area contributed by atoms with Gasteiger partial charge in [-0.05, 0) is 44.6 Å². The van der Waals surface area contributed by atoms with E-state index in [1.807, 2.05) is 0 Å². The number of likely N-dealkylation sites (tertiary alicyclic amines) is 1. The van der Waals surface area contributed by atoms with Crippen molar-refractivity contribution in [1.29, 1.82) is 0 Å². The van der Waals surface area contributed by atoms with Gasteiger partial charge in [-0.15, -0.1) is 0 Å². The number of unbranched alkanes of at least 4 members (excludes halogenated alkanes) is 1. The molecule has 2 saturated heterocycles. The minimum Gasteiger partial charge on any atom is -0.342 e. The first-order chi connectivity index (χ1) is 8.31. The first-order valence-electron chi connectivity index (χ1n) is 7.32. The number of nitrogens with one attached hydrogen (secondary N) is 1. The van der Waals surface area contributed by atoms with Gasteiger partial charge in [0, 0.05) is 25.6 Å². The molecule has 17 heavy (non-hydrogen) atoms. The molecule has 2 rings (SSSR count). The molecule has 0 spiro atoms. The van der Waals surface area contributed by atoms with Crippen LogP contribution in [0.4, 0.5) is 0 Å². The summed E-state index contributed by atoms with van der Waals surface area (Å²) in [5.74, 6) is 1.09. The average Bonchev–Trinajstić information content (AvgIpc) is 2.90. The van der Waals surface area contributed by atoms with Crippen molar-refractivity contribution in [3.05, 3.63) is 0 Å². The van der Waals surface area contributed by atoms with Gasteiger partial charge in [0.2, 0.25) is 5.91 Å². The van der Waals surface area contributed by atoms with Crippen LogP contribution in [0.1, 0.15) is 51.9 Å². The van der Waals surface area contributed by atoms with Crippen LogP contribution < -0.4 is 5.32 Å². The fourth-order valence-electron chi connectivity index (χ4n) is 3.16. The van der Waals surface area contributed by atoms with E-state index in [0.29, 0.717) is 17.9 Å². The Bertz CT molecular complexity index is 249. The summed E-state index contributed by atoms with van der Waals surface area (Å²) >= 11 is 0. The molecule has 0 aromatic heterocycles. The van der Waals surface area contributed by atoms with Crippen LogP contribution in [0.3, 0.4) is 0 Å². The third kappa shape index (κ3) is 3.44. The molecule has 0 aliphatic carbocycles. The predicted octanol–water partition coefficient (Wildman–Crippen LogP) is 2.17. The Hall–Kier alpha value is -0.570. The molecule has 98 valence electrons. The van der Waals surface area contributed by atoms with Crippen molar-refractivity contribution < 1.29 is 4.79 Å². The van der Waals surface area contributed by atoms with Gasteiger partial charge >= 0.3 is 0 Å². The second kappa shape index (κ2) is 6.39. The molecule has 1 amide bonds. The van der Waals surface area contributed by atoms with Gasteiger partial charge in [-0.1, -0.05) is 13.3 Å². The molecule has 3 heteroatoms. The highest BCUT2D eigenvalue weighted by Gasteiger charge is 2.30. The van der Waals surface area contributed by atoms with Crippen LogP contribution in [0.15, 0.2) is 0 Å². The van der Waals surface area contributed by atoms with Gasteiger partial charge in [0.05, 0.1) is 0 Å². The second-order valence-corrected chi connectivity index (χ2v) is 5.55. The molecule has 0 aromatic carbocycles. The highest BCUT2D eigenvalue weighted by molar-refractivity contribution is 5.76. The number of carbonyl (C=O) groups is 1. The van der Waals surface area contributed by atoms with E-state index in [1.165, 1.54) is 32.2 Å². The summed E-state index contributed by atoms with van der Waals surface area (Å²) in [5.41, 5.74) is 0.